The molecule has 25 heavy (non-hydrogen) atoms. The average Bonchev–Trinajstić information content (AvgIpc) is 2.59. The van der Waals surface area contributed by atoms with Gasteiger partial charge in [-0.3, -0.25) is 14.4 Å². The van der Waals surface area contributed by atoms with E-state index in [2.05, 4.69) is 5.32 Å². The number of Topliss-reactive ketones (excluding diaryl/α,β-unsaturated/α-hetero) is 1. The van der Waals surface area contributed by atoms with Crippen LogP contribution in [0.25, 0.3) is 0 Å². The standard InChI is InChI=1S/C19H18FNO4/c1-13(22)21-17-9-5-15(6-10-17)18(23)12-25-19(24)11-4-14-2-7-16(20)8-3-14/h2-3,5-10H,4,11-12H2,1H3,(H,21,22). The van der Waals surface area contributed by atoms with Gasteiger partial charge in [-0.2, -0.15) is 0 Å². The lowest BCUT2D eigenvalue weighted by Gasteiger charge is -2.06. The fourth-order valence-electron chi connectivity index (χ4n) is 2.14. The van der Waals surface area contributed by atoms with E-state index in [0.29, 0.717) is 17.7 Å². The topological polar surface area (TPSA) is 72.5 Å². The van der Waals surface area contributed by atoms with Crippen LogP contribution in [0.3, 0.4) is 0 Å². The Kier molecular flexibility index (Phi) is 6.39. The number of benzene rings is 2. The number of ketones is 1. The van der Waals surface area contributed by atoms with Crippen LogP contribution in [0.2, 0.25) is 0 Å². The highest BCUT2D eigenvalue weighted by Gasteiger charge is 2.10. The molecular weight excluding hydrogens is 325 g/mol. The molecule has 0 spiro atoms. The first-order valence-corrected chi connectivity index (χ1v) is 7.75. The van der Waals surface area contributed by atoms with E-state index in [4.69, 9.17) is 4.74 Å². The molecule has 130 valence electrons. The fourth-order valence-corrected chi connectivity index (χ4v) is 2.14. The first-order chi connectivity index (χ1) is 11.9. The van der Waals surface area contributed by atoms with Crippen molar-refractivity contribution in [2.45, 2.75) is 19.8 Å². The lowest BCUT2D eigenvalue weighted by Crippen LogP contribution is -2.14. The summed E-state index contributed by atoms with van der Waals surface area (Å²) >= 11 is 0. The Morgan fingerprint density at radius 1 is 1.00 bits per heavy atom. The Balaban J connectivity index is 1.77. The molecular formula is C19H18FNO4. The van der Waals surface area contributed by atoms with Gasteiger partial charge >= 0.3 is 5.97 Å². The van der Waals surface area contributed by atoms with Gasteiger partial charge in [0, 0.05) is 24.6 Å². The Morgan fingerprint density at radius 2 is 1.64 bits per heavy atom. The number of nitrogens with one attached hydrogen (secondary N) is 1. The minimum Gasteiger partial charge on any atom is -0.457 e. The number of hydrogen-bond acceptors (Lipinski definition) is 4. The highest BCUT2D eigenvalue weighted by atomic mass is 19.1. The summed E-state index contributed by atoms with van der Waals surface area (Å²) in [6, 6.07) is 12.2. The van der Waals surface area contributed by atoms with Gasteiger partial charge in [0.1, 0.15) is 5.82 Å². The van der Waals surface area contributed by atoms with Gasteiger partial charge in [-0.1, -0.05) is 12.1 Å². The third kappa shape index (κ3) is 6.18. The summed E-state index contributed by atoms with van der Waals surface area (Å²) < 4.78 is 17.8. The first kappa shape index (κ1) is 18.3. The van der Waals surface area contributed by atoms with Crippen LogP contribution in [-0.4, -0.2) is 24.3 Å². The molecule has 0 aromatic heterocycles. The van der Waals surface area contributed by atoms with E-state index in [-0.39, 0.29) is 30.5 Å². The van der Waals surface area contributed by atoms with Crippen LogP contribution in [0, 0.1) is 5.82 Å². The van der Waals surface area contributed by atoms with Crippen LogP contribution in [-0.2, 0) is 20.7 Å². The van der Waals surface area contributed by atoms with Gasteiger partial charge in [-0.25, -0.2) is 4.39 Å². The van der Waals surface area contributed by atoms with Crippen LogP contribution in [0.1, 0.15) is 29.3 Å². The Morgan fingerprint density at radius 3 is 2.24 bits per heavy atom. The summed E-state index contributed by atoms with van der Waals surface area (Å²) in [7, 11) is 0. The molecule has 0 radical (unpaired) electrons. The molecule has 2 aromatic rings. The van der Waals surface area contributed by atoms with E-state index in [9.17, 15) is 18.8 Å². The predicted octanol–water partition coefficient (Wildman–Crippen LogP) is 3.14. The second kappa shape index (κ2) is 8.73. The molecule has 0 saturated carbocycles. The van der Waals surface area contributed by atoms with Crippen molar-refractivity contribution < 1.29 is 23.5 Å². The van der Waals surface area contributed by atoms with Crippen molar-refractivity contribution in [1.29, 1.82) is 0 Å². The largest absolute Gasteiger partial charge is 0.457 e. The average molecular weight is 343 g/mol. The molecule has 2 rings (SSSR count). The number of aryl methyl sites for hydroxylation is 1. The second-order valence-electron chi connectivity index (χ2n) is 5.47. The van der Waals surface area contributed by atoms with E-state index >= 15 is 0 Å². The van der Waals surface area contributed by atoms with Gasteiger partial charge < -0.3 is 10.1 Å². The number of hydrogen-bond donors (Lipinski definition) is 1. The predicted molar refractivity (Wildman–Crippen MR) is 90.8 cm³/mol. The van der Waals surface area contributed by atoms with Gasteiger partial charge in [-0.05, 0) is 48.4 Å². The number of esters is 1. The summed E-state index contributed by atoms with van der Waals surface area (Å²) in [4.78, 5) is 34.6. The molecule has 0 saturated heterocycles. The van der Waals surface area contributed by atoms with Gasteiger partial charge in [-0.15, -0.1) is 0 Å². The van der Waals surface area contributed by atoms with Crippen molar-refractivity contribution in [3.05, 3.63) is 65.5 Å². The van der Waals surface area contributed by atoms with Crippen molar-refractivity contribution >= 4 is 23.3 Å². The molecule has 5 nitrogen and oxygen atoms in total. The van der Waals surface area contributed by atoms with Crippen LogP contribution in [0.15, 0.2) is 48.5 Å². The normalized spacial score (nSPS) is 10.2. The van der Waals surface area contributed by atoms with Crippen molar-refractivity contribution in [3.8, 4) is 0 Å². The number of anilines is 1. The number of carbonyl (C=O) groups excluding carboxylic acids is 3. The molecule has 0 aliphatic rings. The van der Waals surface area contributed by atoms with E-state index in [1.165, 1.54) is 19.1 Å². The fraction of sp³-hybridized carbons (Fsp3) is 0.211. The number of amides is 1. The summed E-state index contributed by atoms with van der Waals surface area (Å²) in [5.74, 6) is -1.35. The Labute approximate surface area is 144 Å². The minimum absolute atomic E-state index is 0.111. The summed E-state index contributed by atoms with van der Waals surface area (Å²) in [5, 5.41) is 2.60. The number of ether oxygens (including phenoxy) is 1. The minimum atomic E-state index is -0.493. The van der Waals surface area contributed by atoms with Gasteiger partial charge in [0.25, 0.3) is 0 Å². The lowest BCUT2D eigenvalue weighted by molar-refractivity contribution is -0.142. The Bertz CT molecular complexity index is 754. The molecule has 2 aromatic carbocycles. The summed E-state index contributed by atoms with van der Waals surface area (Å²) in [6.45, 7) is 1.05. The molecule has 0 unspecified atom stereocenters. The molecule has 0 atom stereocenters. The third-order valence-electron chi connectivity index (χ3n) is 3.42. The van der Waals surface area contributed by atoms with Gasteiger partial charge in [0.15, 0.2) is 12.4 Å². The van der Waals surface area contributed by atoms with Gasteiger partial charge in [0.05, 0.1) is 0 Å². The molecule has 0 aliphatic carbocycles. The zero-order valence-corrected chi connectivity index (χ0v) is 13.8. The molecule has 0 heterocycles. The Hall–Kier alpha value is -3.02. The quantitative estimate of drug-likeness (QED) is 0.619. The van der Waals surface area contributed by atoms with Gasteiger partial charge in [0.2, 0.25) is 5.91 Å². The lowest BCUT2D eigenvalue weighted by atomic mass is 10.1. The van der Waals surface area contributed by atoms with Crippen LogP contribution in [0.4, 0.5) is 10.1 Å². The maximum atomic E-state index is 12.8. The van der Waals surface area contributed by atoms with Crippen molar-refractivity contribution in [2.24, 2.45) is 0 Å². The number of carbonyl (C=O) groups is 3. The maximum absolute atomic E-state index is 12.8. The highest BCUT2D eigenvalue weighted by molar-refractivity contribution is 5.98. The molecule has 0 fully saturated rings. The summed E-state index contributed by atoms with van der Waals surface area (Å²) in [6.07, 6.45) is 0.527. The summed E-state index contributed by atoms with van der Waals surface area (Å²) in [5.41, 5.74) is 1.79. The van der Waals surface area contributed by atoms with Crippen molar-refractivity contribution in [3.63, 3.8) is 0 Å². The number of halogens is 1. The number of rotatable bonds is 7. The van der Waals surface area contributed by atoms with Crippen molar-refractivity contribution in [2.75, 3.05) is 11.9 Å². The zero-order valence-electron chi connectivity index (χ0n) is 13.8. The van der Waals surface area contributed by atoms with E-state index < -0.39 is 5.97 Å². The second-order valence-corrected chi connectivity index (χ2v) is 5.47. The molecule has 1 amide bonds. The molecule has 1 N–H and O–H groups in total. The highest BCUT2D eigenvalue weighted by Crippen LogP contribution is 2.11. The third-order valence-corrected chi connectivity index (χ3v) is 3.42. The monoisotopic (exact) mass is 343 g/mol. The smallest absolute Gasteiger partial charge is 0.306 e. The maximum Gasteiger partial charge on any atom is 0.306 e. The first-order valence-electron chi connectivity index (χ1n) is 7.75. The van der Waals surface area contributed by atoms with E-state index in [1.807, 2.05) is 0 Å². The van der Waals surface area contributed by atoms with Crippen LogP contribution < -0.4 is 5.32 Å². The zero-order chi connectivity index (χ0) is 18.2. The van der Waals surface area contributed by atoms with Crippen molar-refractivity contribution in [1.82, 2.24) is 0 Å². The molecule has 6 heteroatoms. The SMILES string of the molecule is CC(=O)Nc1ccc(C(=O)COC(=O)CCc2ccc(F)cc2)cc1. The van der Waals surface area contributed by atoms with E-state index in [1.54, 1.807) is 36.4 Å². The van der Waals surface area contributed by atoms with E-state index in [0.717, 1.165) is 5.56 Å². The van der Waals surface area contributed by atoms with Crippen LogP contribution in [0.5, 0.6) is 0 Å². The molecule has 0 bridgehead atoms. The molecule has 0 aliphatic heterocycles. The van der Waals surface area contributed by atoms with Crippen LogP contribution >= 0.6 is 0 Å².